The van der Waals surface area contributed by atoms with Crippen LogP contribution in [0, 0.1) is 0 Å². The summed E-state index contributed by atoms with van der Waals surface area (Å²) in [7, 11) is 1.63. The lowest BCUT2D eigenvalue weighted by Gasteiger charge is -2.15. The summed E-state index contributed by atoms with van der Waals surface area (Å²) < 4.78 is 6.34. The number of aliphatic carboxylic acids is 1. The van der Waals surface area contributed by atoms with E-state index in [1.54, 1.807) is 7.11 Å². The number of aryl methyl sites for hydroxylation is 1. The van der Waals surface area contributed by atoms with Crippen molar-refractivity contribution in [2.75, 3.05) is 7.11 Å². The zero-order chi connectivity index (χ0) is 13.0. The number of ether oxygens (including phenoxy) is 1. The highest BCUT2D eigenvalue weighted by molar-refractivity contribution is 9.10. The van der Waals surface area contributed by atoms with Crippen molar-refractivity contribution in [3.63, 3.8) is 0 Å². The molecule has 0 spiro atoms. The molecule has 0 unspecified atom stereocenters. The average molecular weight is 301 g/mol. The fraction of sp³-hybridized carbons (Fsp3) is 0.462. The molecular weight excluding hydrogens is 284 g/mol. The van der Waals surface area contributed by atoms with E-state index >= 15 is 0 Å². The van der Waals surface area contributed by atoms with Crippen molar-refractivity contribution in [3.05, 3.63) is 27.7 Å². The van der Waals surface area contributed by atoms with Crippen molar-refractivity contribution < 1.29 is 14.6 Å². The third kappa shape index (κ3) is 3.73. The molecule has 0 aliphatic rings. The second-order valence-corrected chi connectivity index (χ2v) is 5.10. The van der Waals surface area contributed by atoms with Crippen LogP contribution in [0.3, 0.4) is 0 Å². The van der Waals surface area contributed by atoms with E-state index in [4.69, 9.17) is 9.84 Å². The van der Waals surface area contributed by atoms with Crippen LogP contribution in [0.5, 0.6) is 5.75 Å². The molecule has 1 rings (SSSR count). The Morgan fingerprint density at radius 3 is 2.59 bits per heavy atom. The molecule has 0 heterocycles. The summed E-state index contributed by atoms with van der Waals surface area (Å²) in [6, 6.07) is 3.89. The molecule has 0 atom stereocenters. The van der Waals surface area contributed by atoms with E-state index < -0.39 is 5.97 Å². The van der Waals surface area contributed by atoms with Crippen LogP contribution in [0.4, 0.5) is 0 Å². The van der Waals surface area contributed by atoms with Gasteiger partial charge in [0, 0.05) is 16.5 Å². The van der Waals surface area contributed by atoms with Crippen LogP contribution in [0.1, 0.15) is 37.3 Å². The van der Waals surface area contributed by atoms with E-state index in [0.29, 0.717) is 12.3 Å². The van der Waals surface area contributed by atoms with Crippen molar-refractivity contribution in [2.24, 2.45) is 0 Å². The summed E-state index contributed by atoms with van der Waals surface area (Å²) in [6.45, 7) is 4.19. The predicted molar refractivity (Wildman–Crippen MR) is 70.7 cm³/mol. The highest BCUT2D eigenvalue weighted by Gasteiger charge is 2.13. The normalized spacial score (nSPS) is 10.6. The highest BCUT2D eigenvalue weighted by Crippen LogP contribution is 2.35. The Kier molecular flexibility index (Phi) is 5.00. The van der Waals surface area contributed by atoms with Crippen molar-refractivity contribution in [1.82, 2.24) is 0 Å². The first-order chi connectivity index (χ1) is 7.95. The maximum Gasteiger partial charge on any atom is 0.303 e. The minimum atomic E-state index is -0.784. The zero-order valence-electron chi connectivity index (χ0n) is 10.3. The molecule has 0 radical (unpaired) electrons. The molecule has 94 valence electrons. The maximum atomic E-state index is 10.5. The molecule has 1 aromatic rings. The van der Waals surface area contributed by atoms with Gasteiger partial charge in [0.25, 0.3) is 0 Å². The molecule has 0 aliphatic heterocycles. The quantitative estimate of drug-likeness (QED) is 0.904. The molecule has 4 heteroatoms. The summed E-state index contributed by atoms with van der Waals surface area (Å²) in [5, 5.41) is 8.67. The lowest BCUT2D eigenvalue weighted by Crippen LogP contribution is -2.01. The lowest BCUT2D eigenvalue weighted by atomic mass is 9.99. The molecule has 1 N–H and O–H groups in total. The van der Waals surface area contributed by atoms with Crippen molar-refractivity contribution >= 4 is 21.9 Å². The molecule has 0 fully saturated rings. The summed E-state index contributed by atoms with van der Waals surface area (Å²) in [5.74, 6) is 0.385. The number of benzene rings is 1. The summed E-state index contributed by atoms with van der Waals surface area (Å²) in [5.41, 5.74) is 2.09. The van der Waals surface area contributed by atoms with E-state index in [9.17, 15) is 4.79 Å². The molecule has 3 nitrogen and oxygen atoms in total. The molecule has 17 heavy (non-hydrogen) atoms. The van der Waals surface area contributed by atoms with E-state index in [0.717, 1.165) is 21.3 Å². The van der Waals surface area contributed by atoms with Gasteiger partial charge in [0.2, 0.25) is 0 Å². The van der Waals surface area contributed by atoms with Gasteiger partial charge in [0.1, 0.15) is 5.75 Å². The van der Waals surface area contributed by atoms with Gasteiger partial charge in [-0.1, -0.05) is 29.8 Å². The van der Waals surface area contributed by atoms with Crippen LogP contribution in [-0.4, -0.2) is 18.2 Å². The maximum absolute atomic E-state index is 10.5. The Hall–Kier alpha value is -1.03. The van der Waals surface area contributed by atoms with Crippen LogP contribution in [0.15, 0.2) is 16.6 Å². The van der Waals surface area contributed by atoms with Gasteiger partial charge in [-0.3, -0.25) is 4.79 Å². The van der Waals surface area contributed by atoms with Crippen LogP contribution in [-0.2, 0) is 11.2 Å². The van der Waals surface area contributed by atoms with Crippen molar-refractivity contribution in [1.29, 1.82) is 0 Å². The molecule has 0 aliphatic carbocycles. The van der Waals surface area contributed by atoms with Crippen LogP contribution >= 0.6 is 15.9 Å². The minimum Gasteiger partial charge on any atom is -0.496 e. The van der Waals surface area contributed by atoms with Crippen molar-refractivity contribution in [2.45, 2.75) is 32.6 Å². The van der Waals surface area contributed by atoms with Gasteiger partial charge in [-0.15, -0.1) is 0 Å². The molecule has 0 amide bonds. The summed E-state index contributed by atoms with van der Waals surface area (Å²) in [6.07, 6.45) is 0.652. The largest absolute Gasteiger partial charge is 0.496 e. The number of rotatable bonds is 5. The number of methoxy groups -OCH3 is 1. The Labute approximate surface area is 110 Å². The monoisotopic (exact) mass is 300 g/mol. The lowest BCUT2D eigenvalue weighted by molar-refractivity contribution is -0.136. The molecule has 0 saturated carbocycles. The Balaban J connectivity index is 3.04. The first kappa shape index (κ1) is 14.0. The molecular formula is C13H17BrO3. The Morgan fingerprint density at radius 2 is 2.12 bits per heavy atom. The number of halogens is 1. The Bertz CT molecular complexity index is 413. The van der Waals surface area contributed by atoms with Gasteiger partial charge < -0.3 is 9.84 Å². The summed E-state index contributed by atoms with van der Waals surface area (Å²) >= 11 is 3.52. The van der Waals surface area contributed by atoms with Gasteiger partial charge in [-0.05, 0) is 30.0 Å². The number of carboxylic acids is 1. The van der Waals surface area contributed by atoms with E-state index in [-0.39, 0.29) is 6.42 Å². The second-order valence-electron chi connectivity index (χ2n) is 4.24. The highest BCUT2D eigenvalue weighted by atomic mass is 79.9. The number of carbonyl (C=O) groups is 1. The average Bonchev–Trinajstić information content (AvgIpc) is 2.24. The predicted octanol–water partition coefficient (Wildman–Crippen LogP) is 3.60. The SMILES string of the molecule is COc1cc(CCC(=O)O)cc(Br)c1C(C)C. The smallest absolute Gasteiger partial charge is 0.303 e. The second kappa shape index (κ2) is 6.05. The standard InChI is InChI=1S/C13H17BrO3/c1-8(2)13-10(14)6-9(4-5-12(15)16)7-11(13)17-3/h6-8H,4-5H2,1-3H3,(H,15,16). The van der Waals surface area contributed by atoms with Gasteiger partial charge in [0.05, 0.1) is 7.11 Å². The van der Waals surface area contributed by atoms with E-state index in [1.807, 2.05) is 12.1 Å². The molecule has 0 aromatic heterocycles. The number of carboxylic acid groups (broad SMARTS) is 1. The van der Waals surface area contributed by atoms with E-state index in [2.05, 4.69) is 29.8 Å². The van der Waals surface area contributed by atoms with Crippen molar-refractivity contribution in [3.8, 4) is 5.75 Å². The van der Waals surface area contributed by atoms with Gasteiger partial charge in [-0.25, -0.2) is 0 Å². The minimum absolute atomic E-state index is 0.136. The van der Waals surface area contributed by atoms with Crippen LogP contribution in [0.2, 0.25) is 0 Å². The van der Waals surface area contributed by atoms with Gasteiger partial charge in [0.15, 0.2) is 0 Å². The molecule has 0 bridgehead atoms. The van der Waals surface area contributed by atoms with Crippen LogP contribution in [0.25, 0.3) is 0 Å². The topological polar surface area (TPSA) is 46.5 Å². The number of hydrogen-bond donors (Lipinski definition) is 1. The fourth-order valence-electron chi connectivity index (χ4n) is 1.77. The first-order valence-corrected chi connectivity index (χ1v) is 6.33. The third-order valence-electron chi connectivity index (χ3n) is 2.58. The van der Waals surface area contributed by atoms with Gasteiger partial charge in [-0.2, -0.15) is 0 Å². The van der Waals surface area contributed by atoms with E-state index in [1.165, 1.54) is 0 Å². The first-order valence-electron chi connectivity index (χ1n) is 5.53. The third-order valence-corrected chi connectivity index (χ3v) is 3.23. The van der Waals surface area contributed by atoms with Gasteiger partial charge >= 0.3 is 5.97 Å². The molecule has 1 aromatic carbocycles. The summed E-state index contributed by atoms with van der Waals surface area (Å²) in [4.78, 5) is 10.5. The fourth-order valence-corrected chi connectivity index (χ4v) is 2.72. The zero-order valence-corrected chi connectivity index (χ0v) is 11.9. The van der Waals surface area contributed by atoms with Crippen LogP contribution < -0.4 is 4.74 Å². The molecule has 0 saturated heterocycles. The number of hydrogen-bond acceptors (Lipinski definition) is 2. The Morgan fingerprint density at radius 1 is 1.47 bits per heavy atom.